The molecule has 0 spiro atoms. The second kappa shape index (κ2) is 6.04. The van der Waals surface area contributed by atoms with Gasteiger partial charge in [0.2, 0.25) is 5.95 Å². The molecule has 2 aromatic rings. The number of amides is 1. The molecule has 1 saturated heterocycles. The molecule has 0 saturated carbocycles. The highest BCUT2D eigenvalue weighted by Gasteiger charge is 2.23. The molecule has 0 aliphatic carbocycles. The predicted octanol–water partition coefficient (Wildman–Crippen LogP) is 0.914. The minimum atomic E-state index is -0.120. The average molecular weight is 304 g/mol. The van der Waals surface area contributed by atoms with Crippen molar-refractivity contribution in [1.82, 2.24) is 20.3 Å². The molecule has 1 aliphatic rings. The molecular weight excluding hydrogens is 288 g/mol. The van der Waals surface area contributed by atoms with Crippen molar-refractivity contribution < 1.29 is 4.79 Å². The van der Waals surface area contributed by atoms with Crippen LogP contribution in [0.25, 0.3) is 0 Å². The minimum Gasteiger partial charge on any atom is -0.375 e. The number of thiazole rings is 1. The summed E-state index contributed by atoms with van der Waals surface area (Å²) in [6.07, 6.45) is 6.91. The van der Waals surface area contributed by atoms with E-state index in [1.165, 1.54) is 17.5 Å². The van der Waals surface area contributed by atoms with Crippen LogP contribution in [-0.4, -0.2) is 40.0 Å². The van der Waals surface area contributed by atoms with Gasteiger partial charge in [-0.15, -0.1) is 0 Å². The number of nitrogens with two attached hydrogens (primary N) is 1. The summed E-state index contributed by atoms with van der Waals surface area (Å²) in [7, 11) is 0. The Labute approximate surface area is 126 Å². The van der Waals surface area contributed by atoms with Crippen molar-refractivity contribution in [2.75, 3.05) is 23.7 Å². The fraction of sp³-hybridized carbons (Fsp3) is 0.385. The van der Waals surface area contributed by atoms with Crippen molar-refractivity contribution in [2.45, 2.75) is 18.9 Å². The molecule has 1 fully saturated rings. The lowest BCUT2D eigenvalue weighted by Crippen LogP contribution is -2.48. The lowest BCUT2D eigenvalue weighted by molar-refractivity contribution is 0.0937. The molecule has 1 amide bonds. The molecule has 110 valence electrons. The number of nitrogens with zero attached hydrogens (tertiary/aromatic N) is 4. The molecular formula is C13H16N6OS. The Kier molecular flexibility index (Phi) is 3.96. The molecule has 3 rings (SSSR count). The zero-order valence-electron chi connectivity index (χ0n) is 11.4. The summed E-state index contributed by atoms with van der Waals surface area (Å²) in [6.45, 7) is 1.62. The lowest BCUT2D eigenvalue weighted by atomic mass is 10.1. The van der Waals surface area contributed by atoms with Crippen LogP contribution in [0.4, 0.5) is 11.1 Å². The number of piperidine rings is 1. The molecule has 1 atom stereocenters. The topological polar surface area (TPSA) is 97.0 Å². The number of nitrogen functional groups attached to an aromatic ring is 1. The standard InChI is InChI=1S/C13H16N6OS/c14-12-17-7-10(21-12)11(20)18-9-3-1-6-19(8-9)13-15-4-2-5-16-13/h2,4-5,7,9H,1,3,6,8H2,(H2,14,17)(H,18,20)/t9-/m0/s1. The lowest BCUT2D eigenvalue weighted by Gasteiger charge is -2.32. The van der Waals surface area contributed by atoms with Crippen LogP contribution in [0.5, 0.6) is 0 Å². The predicted molar refractivity (Wildman–Crippen MR) is 81.3 cm³/mol. The second-order valence-electron chi connectivity index (χ2n) is 4.87. The van der Waals surface area contributed by atoms with Crippen molar-refractivity contribution in [3.05, 3.63) is 29.5 Å². The molecule has 7 nitrogen and oxygen atoms in total. The molecule has 3 N–H and O–H groups in total. The number of carbonyl (C=O) groups is 1. The zero-order valence-corrected chi connectivity index (χ0v) is 12.2. The van der Waals surface area contributed by atoms with Crippen LogP contribution in [-0.2, 0) is 0 Å². The quantitative estimate of drug-likeness (QED) is 0.875. The second-order valence-corrected chi connectivity index (χ2v) is 5.93. The summed E-state index contributed by atoms with van der Waals surface area (Å²) in [5.74, 6) is 0.587. The number of aromatic nitrogens is 3. The van der Waals surface area contributed by atoms with Crippen LogP contribution < -0.4 is 16.0 Å². The van der Waals surface area contributed by atoms with Crippen LogP contribution in [0.1, 0.15) is 22.5 Å². The first-order valence-electron chi connectivity index (χ1n) is 6.76. The Morgan fingerprint density at radius 3 is 2.90 bits per heavy atom. The van der Waals surface area contributed by atoms with Gasteiger partial charge in [0.15, 0.2) is 5.13 Å². The van der Waals surface area contributed by atoms with Gasteiger partial charge in [0, 0.05) is 31.5 Å². The fourth-order valence-corrected chi connectivity index (χ4v) is 2.97. The summed E-state index contributed by atoms with van der Waals surface area (Å²) in [4.78, 5) is 27.2. The smallest absolute Gasteiger partial charge is 0.263 e. The van der Waals surface area contributed by atoms with Gasteiger partial charge in [0.05, 0.1) is 6.20 Å². The van der Waals surface area contributed by atoms with E-state index in [9.17, 15) is 4.79 Å². The van der Waals surface area contributed by atoms with Gasteiger partial charge in [-0.05, 0) is 18.9 Å². The third-order valence-electron chi connectivity index (χ3n) is 3.34. The van der Waals surface area contributed by atoms with E-state index < -0.39 is 0 Å². The van der Waals surface area contributed by atoms with Crippen molar-refractivity contribution >= 4 is 28.3 Å². The van der Waals surface area contributed by atoms with E-state index in [0.717, 1.165) is 19.4 Å². The zero-order chi connectivity index (χ0) is 14.7. The van der Waals surface area contributed by atoms with Gasteiger partial charge in [-0.25, -0.2) is 15.0 Å². The fourth-order valence-electron chi connectivity index (χ4n) is 2.38. The van der Waals surface area contributed by atoms with Crippen molar-refractivity contribution in [3.63, 3.8) is 0 Å². The van der Waals surface area contributed by atoms with E-state index in [1.54, 1.807) is 18.5 Å². The number of rotatable bonds is 3. The van der Waals surface area contributed by atoms with E-state index in [1.807, 2.05) is 0 Å². The van der Waals surface area contributed by atoms with E-state index in [4.69, 9.17) is 5.73 Å². The van der Waals surface area contributed by atoms with Crippen LogP contribution in [0.15, 0.2) is 24.7 Å². The van der Waals surface area contributed by atoms with Gasteiger partial charge in [-0.3, -0.25) is 4.79 Å². The molecule has 2 aromatic heterocycles. The number of anilines is 2. The highest BCUT2D eigenvalue weighted by atomic mass is 32.1. The molecule has 0 radical (unpaired) electrons. The summed E-state index contributed by atoms with van der Waals surface area (Å²) >= 11 is 1.20. The molecule has 0 aromatic carbocycles. The Balaban J connectivity index is 1.62. The summed E-state index contributed by atoms with van der Waals surface area (Å²) < 4.78 is 0. The third-order valence-corrected chi connectivity index (χ3v) is 4.16. The van der Waals surface area contributed by atoms with E-state index in [-0.39, 0.29) is 11.9 Å². The molecule has 0 bridgehead atoms. The molecule has 1 aliphatic heterocycles. The maximum Gasteiger partial charge on any atom is 0.263 e. The first-order valence-corrected chi connectivity index (χ1v) is 7.58. The summed E-state index contributed by atoms with van der Waals surface area (Å²) in [6, 6.07) is 1.87. The third kappa shape index (κ3) is 3.27. The van der Waals surface area contributed by atoms with Crippen molar-refractivity contribution in [3.8, 4) is 0 Å². The van der Waals surface area contributed by atoms with Gasteiger partial charge < -0.3 is 16.0 Å². The van der Waals surface area contributed by atoms with Crippen LogP contribution in [0.3, 0.4) is 0 Å². The Bertz CT molecular complexity index is 616. The highest BCUT2D eigenvalue weighted by Crippen LogP contribution is 2.17. The van der Waals surface area contributed by atoms with Gasteiger partial charge in [-0.1, -0.05) is 11.3 Å². The number of carbonyl (C=O) groups excluding carboxylic acids is 1. The first-order chi connectivity index (χ1) is 10.2. The SMILES string of the molecule is Nc1ncc(C(=O)N[C@H]2CCCN(c3ncccn3)C2)s1. The maximum atomic E-state index is 12.1. The monoisotopic (exact) mass is 304 g/mol. The number of hydrogen-bond donors (Lipinski definition) is 2. The van der Waals surface area contributed by atoms with Gasteiger partial charge in [0.25, 0.3) is 5.91 Å². The first kappa shape index (κ1) is 13.7. The van der Waals surface area contributed by atoms with E-state index in [0.29, 0.717) is 22.5 Å². The average Bonchev–Trinajstić information content (AvgIpc) is 2.95. The highest BCUT2D eigenvalue weighted by molar-refractivity contribution is 7.17. The van der Waals surface area contributed by atoms with Crippen molar-refractivity contribution in [1.29, 1.82) is 0 Å². The van der Waals surface area contributed by atoms with Crippen LogP contribution >= 0.6 is 11.3 Å². The molecule has 3 heterocycles. The van der Waals surface area contributed by atoms with E-state index in [2.05, 4.69) is 25.2 Å². The normalized spacial score (nSPS) is 18.5. The van der Waals surface area contributed by atoms with Gasteiger partial charge in [0.1, 0.15) is 4.88 Å². The van der Waals surface area contributed by atoms with E-state index >= 15 is 0 Å². The minimum absolute atomic E-state index is 0.0818. The molecule has 0 unspecified atom stereocenters. The molecule has 21 heavy (non-hydrogen) atoms. The van der Waals surface area contributed by atoms with Crippen molar-refractivity contribution in [2.24, 2.45) is 0 Å². The van der Waals surface area contributed by atoms with Gasteiger partial charge >= 0.3 is 0 Å². The number of nitrogens with one attached hydrogen (secondary N) is 1. The Morgan fingerprint density at radius 2 is 2.19 bits per heavy atom. The maximum absolute atomic E-state index is 12.1. The summed E-state index contributed by atoms with van der Waals surface area (Å²) in [5.41, 5.74) is 5.55. The molecule has 8 heteroatoms. The Morgan fingerprint density at radius 1 is 1.38 bits per heavy atom. The van der Waals surface area contributed by atoms with Crippen LogP contribution in [0, 0.1) is 0 Å². The summed E-state index contributed by atoms with van der Waals surface area (Å²) in [5, 5.41) is 3.43. The van der Waals surface area contributed by atoms with Crippen LogP contribution in [0.2, 0.25) is 0 Å². The van der Waals surface area contributed by atoms with Gasteiger partial charge in [-0.2, -0.15) is 0 Å². The largest absolute Gasteiger partial charge is 0.375 e. The Hall–Kier alpha value is -2.22. The number of hydrogen-bond acceptors (Lipinski definition) is 7.